The second-order valence-corrected chi connectivity index (χ2v) is 5.12. The molecular formula is C11H19N3. The summed E-state index contributed by atoms with van der Waals surface area (Å²) in [7, 11) is 0. The molecular weight excluding hydrogens is 174 g/mol. The lowest BCUT2D eigenvalue weighted by Crippen LogP contribution is -2.27. The third-order valence-corrected chi connectivity index (χ3v) is 4.15. The molecule has 2 rings (SSSR count). The Hall–Kier alpha value is -0.860. The molecule has 14 heavy (non-hydrogen) atoms. The largest absolute Gasteiger partial charge is 0.252 e. The van der Waals surface area contributed by atoms with Gasteiger partial charge in [-0.2, -0.15) is 0 Å². The minimum absolute atomic E-state index is 0.450. The predicted octanol–water partition coefficient (Wildman–Crippen LogP) is 2.35. The van der Waals surface area contributed by atoms with Gasteiger partial charge in [-0.25, -0.2) is 0 Å². The summed E-state index contributed by atoms with van der Waals surface area (Å²) in [5.74, 6) is 1.58. The Balaban J connectivity index is 2.06. The molecule has 78 valence electrons. The van der Waals surface area contributed by atoms with Gasteiger partial charge in [-0.05, 0) is 30.1 Å². The van der Waals surface area contributed by atoms with Gasteiger partial charge in [0.25, 0.3) is 0 Å². The SMILES string of the molecule is C[C@@H]1CC[C@@H](Cn2ccnn2)C1(C)C. The lowest BCUT2D eigenvalue weighted by atomic mass is 9.76. The van der Waals surface area contributed by atoms with Crippen LogP contribution >= 0.6 is 0 Å². The van der Waals surface area contributed by atoms with Crippen molar-refractivity contribution in [3.8, 4) is 0 Å². The first-order chi connectivity index (χ1) is 6.60. The van der Waals surface area contributed by atoms with Crippen molar-refractivity contribution in [2.45, 2.75) is 40.2 Å². The molecule has 1 heterocycles. The third kappa shape index (κ3) is 1.56. The monoisotopic (exact) mass is 193 g/mol. The molecule has 0 unspecified atom stereocenters. The highest BCUT2D eigenvalue weighted by Gasteiger charge is 2.40. The minimum Gasteiger partial charge on any atom is -0.252 e. The number of rotatable bonds is 2. The van der Waals surface area contributed by atoms with Gasteiger partial charge in [0.2, 0.25) is 0 Å². The van der Waals surface area contributed by atoms with Crippen LogP contribution in [0.1, 0.15) is 33.6 Å². The molecule has 1 aromatic heterocycles. The molecule has 0 N–H and O–H groups in total. The lowest BCUT2D eigenvalue weighted by Gasteiger charge is -2.31. The van der Waals surface area contributed by atoms with Crippen molar-refractivity contribution in [2.24, 2.45) is 17.3 Å². The normalized spacial score (nSPS) is 30.8. The van der Waals surface area contributed by atoms with Crippen molar-refractivity contribution in [1.29, 1.82) is 0 Å². The average molecular weight is 193 g/mol. The smallest absolute Gasteiger partial charge is 0.0692 e. The fourth-order valence-electron chi connectivity index (χ4n) is 2.48. The third-order valence-electron chi connectivity index (χ3n) is 4.15. The van der Waals surface area contributed by atoms with E-state index in [-0.39, 0.29) is 0 Å². The first kappa shape index (κ1) is 9.69. The fraction of sp³-hybridized carbons (Fsp3) is 0.818. The van der Waals surface area contributed by atoms with Gasteiger partial charge in [-0.1, -0.05) is 26.0 Å². The van der Waals surface area contributed by atoms with Gasteiger partial charge >= 0.3 is 0 Å². The van der Waals surface area contributed by atoms with E-state index in [1.165, 1.54) is 12.8 Å². The number of aromatic nitrogens is 3. The topological polar surface area (TPSA) is 30.7 Å². The van der Waals surface area contributed by atoms with Crippen molar-refractivity contribution in [3.63, 3.8) is 0 Å². The molecule has 1 saturated carbocycles. The number of hydrogen-bond donors (Lipinski definition) is 0. The summed E-state index contributed by atoms with van der Waals surface area (Å²) in [4.78, 5) is 0. The van der Waals surface area contributed by atoms with Crippen LogP contribution in [-0.4, -0.2) is 15.0 Å². The van der Waals surface area contributed by atoms with Crippen LogP contribution in [0.5, 0.6) is 0 Å². The van der Waals surface area contributed by atoms with E-state index in [4.69, 9.17) is 0 Å². The Kier molecular flexibility index (Phi) is 2.33. The standard InChI is InChI=1S/C11H19N3/c1-9-4-5-10(11(9,2)3)8-14-7-6-12-13-14/h6-7,9-10H,4-5,8H2,1-3H3/t9-,10+/m1/s1. The summed E-state index contributed by atoms with van der Waals surface area (Å²) in [5.41, 5.74) is 0.450. The van der Waals surface area contributed by atoms with Gasteiger partial charge in [0.15, 0.2) is 0 Å². The summed E-state index contributed by atoms with van der Waals surface area (Å²) in [6.07, 6.45) is 6.39. The summed E-state index contributed by atoms with van der Waals surface area (Å²) in [5, 5.41) is 7.88. The zero-order valence-corrected chi connectivity index (χ0v) is 9.27. The summed E-state index contributed by atoms with van der Waals surface area (Å²) >= 11 is 0. The zero-order chi connectivity index (χ0) is 10.2. The maximum atomic E-state index is 4.04. The highest BCUT2D eigenvalue weighted by Crippen LogP contribution is 2.47. The van der Waals surface area contributed by atoms with Crippen LogP contribution < -0.4 is 0 Å². The van der Waals surface area contributed by atoms with Gasteiger partial charge in [0, 0.05) is 12.7 Å². The maximum absolute atomic E-state index is 4.04. The van der Waals surface area contributed by atoms with Crippen LogP contribution in [0.4, 0.5) is 0 Å². The molecule has 0 saturated heterocycles. The van der Waals surface area contributed by atoms with E-state index in [1.54, 1.807) is 6.20 Å². The van der Waals surface area contributed by atoms with E-state index in [0.717, 1.165) is 18.4 Å². The molecule has 3 nitrogen and oxygen atoms in total. The molecule has 0 bridgehead atoms. The maximum Gasteiger partial charge on any atom is 0.0692 e. The van der Waals surface area contributed by atoms with Crippen LogP contribution in [0, 0.1) is 17.3 Å². The average Bonchev–Trinajstić information content (AvgIpc) is 2.70. The molecule has 1 aliphatic carbocycles. The lowest BCUT2D eigenvalue weighted by molar-refractivity contribution is 0.174. The van der Waals surface area contributed by atoms with Crippen molar-refractivity contribution < 1.29 is 0 Å². The van der Waals surface area contributed by atoms with E-state index < -0.39 is 0 Å². The van der Waals surface area contributed by atoms with Crippen molar-refractivity contribution in [2.75, 3.05) is 0 Å². The van der Waals surface area contributed by atoms with E-state index in [0.29, 0.717) is 5.41 Å². The van der Waals surface area contributed by atoms with E-state index in [2.05, 4.69) is 31.1 Å². The van der Waals surface area contributed by atoms with E-state index in [9.17, 15) is 0 Å². The molecule has 0 aromatic carbocycles. The predicted molar refractivity (Wildman–Crippen MR) is 55.7 cm³/mol. The molecule has 0 aliphatic heterocycles. The van der Waals surface area contributed by atoms with Gasteiger partial charge in [-0.3, -0.25) is 4.68 Å². The fourth-order valence-corrected chi connectivity index (χ4v) is 2.48. The molecule has 0 amide bonds. The Labute approximate surface area is 85.5 Å². The number of hydrogen-bond acceptors (Lipinski definition) is 2. The Morgan fingerprint density at radius 1 is 1.43 bits per heavy atom. The molecule has 2 atom stereocenters. The second-order valence-electron chi connectivity index (χ2n) is 5.12. The van der Waals surface area contributed by atoms with E-state index in [1.807, 2.05) is 10.9 Å². The van der Waals surface area contributed by atoms with Crippen molar-refractivity contribution >= 4 is 0 Å². The first-order valence-electron chi connectivity index (χ1n) is 5.45. The summed E-state index contributed by atoms with van der Waals surface area (Å²) in [6.45, 7) is 8.15. The quantitative estimate of drug-likeness (QED) is 0.722. The van der Waals surface area contributed by atoms with Gasteiger partial charge in [0.05, 0.1) is 6.20 Å². The van der Waals surface area contributed by atoms with Crippen molar-refractivity contribution in [3.05, 3.63) is 12.4 Å². The van der Waals surface area contributed by atoms with Gasteiger partial charge in [-0.15, -0.1) is 5.10 Å². The van der Waals surface area contributed by atoms with Crippen LogP contribution in [0.3, 0.4) is 0 Å². The van der Waals surface area contributed by atoms with Gasteiger partial charge in [0.1, 0.15) is 0 Å². The van der Waals surface area contributed by atoms with Crippen LogP contribution in [0.2, 0.25) is 0 Å². The van der Waals surface area contributed by atoms with Crippen LogP contribution in [-0.2, 0) is 6.54 Å². The first-order valence-corrected chi connectivity index (χ1v) is 5.45. The zero-order valence-electron chi connectivity index (χ0n) is 9.27. The van der Waals surface area contributed by atoms with Crippen LogP contribution in [0.25, 0.3) is 0 Å². The second kappa shape index (κ2) is 3.37. The van der Waals surface area contributed by atoms with Crippen LogP contribution in [0.15, 0.2) is 12.4 Å². The Morgan fingerprint density at radius 3 is 2.71 bits per heavy atom. The number of nitrogens with zero attached hydrogens (tertiary/aromatic N) is 3. The molecule has 0 radical (unpaired) electrons. The van der Waals surface area contributed by atoms with Gasteiger partial charge < -0.3 is 0 Å². The molecule has 1 fully saturated rings. The summed E-state index contributed by atoms with van der Waals surface area (Å²) < 4.78 is 1.96. The molecule has 0 spiro atoms. The summed E-state index contributed by atoms with van der Waals surface area (Å²) in [6, 6.07) is 0. The minimum atomic E-state index is 0.450. The highest BCUT2D eigenvalue weighted by molar-refractivity contribution is 4.89. The Bertz CT molecular complexity index is 289. The highest BCUT2D eigenvalue weighted by atomic mass is 15.4. The molecule has 3 heteroatoms. The molecule has 1 aliphatic rings. The molecule has 1 aromatic rings. The van der Waals surface area contributed by atoms with E-state index >= 15 is 0 Å². The Morgan fingerprint density at radius 2 is 2.21 bits per heavy atom. The van der Waals surface area contributed by atoms with Crippen molar-refractivity contribution in [1.82, 2.24) is 15.0 Å².